The molecule has 0 aliphatic carbocycles. The molecule has 0 aromatic carbocycles. The molecule has 0 bridgehead atoms. The van der Waals surface area contributed by atoms with Gasteiger partial charge in [0.2, 0.25) is 0 Å². The minimum absolute atomic E-state index is 0.692. The Morgan fingerprint density at radius 1 is 1.55 bits per heavy atom. The van der Waals surface area contributed by atoms with E-state index in [9.17, 15) is 0 Å². The van der Waals surface area contributed by atoms with E-state index < -0.39 is 0 Å². The van der Waals surface area contributed by atoms with Crippen molar-refractivity contribution in [2.24, 2.45) is 13.0 Å². The van der Waals surface area contributed by atoms with Crippen LogP contribution >= 0.6 is 0 Å². The molecule has 1 heterocycles. The van der Waals surface area contributed by atoms with Crippen LogP contribution in [0, 0.1) is 19.0 Å². The Bertz CT molecular complexity index is 216. The van der Waals surface area contributed by atoms with Crippen molar-refractivity contribution in [3.8, 4) is 0 Å². The molecule has 0 aliphatic heterocycles. The summed E-state index contributed by atoms with van der Waals surface area (Å²) in [4.78, 5) is 0. The maximum atomic E-state index is 4.06. The zero-order chi connectivity index (χ0) is 8.43. The second kappa shape index (κ2) is 3.07. The van der Waals surface area contributed by atoms with Gasteiger partial charge in [0, 0.05) is 12.7 Å². The van der Waals surface area contributed by atoms with Crippen LogP contribution in [0.3, 0.4) is 0 Å². The van der Waals surface area contributed by atoms with Crippen LogP contribution in [0.15, 0.2) is 0 Å². The molecule has 2 nitrogen and oxygen atoms in total. The first-order valence-corrected chi connectivity index (χ1v) is 4.01. The van der Waals surface area contributed by atoms with Gasteiger partial charge < -0.3 is 0 Å². The van der Waals surface area contributed by atoms with Gasteiger partial charge >= 0.3 is 0 Å². The minimum atomic E-state index is 0.692. The number of aromatic nitrogens is 2. The SMILES string of the molecule is Cc1[c]nn(C)c1CC(C)C. The molecule has 11 heavy (non-hydrogen) atoms. The van der Waals surface area contributed by atoms with Gasteiger partial charge in [-0.1, -0.05) is 13.8 Å². The number of nitrogens with zero attached hydrogens (tertiary/aromatic N) is 2. The Balaban J connectivity index is 2.83. The summed E-state index contributed by atoms with van der Waals surface area (Å²) in [6.45, 7) is 6.49. The molecule has 1 aromatic rings. The molecule has 0 unspecified atom stereocenters. The molecule has 0 saturated carbocycles. The zero-order valence-electron chi connectivity index (χ0n) is 7.68. The maximum Gasteiger partial charge on any atom is 0.116 e. The first-order valence-electron chi connectivity index (χ1n) is 4.01. The van der Waals surface area contributed by atoms with Crippen LogP contribution in [0.25, 0.3) is 0 Å². The van der Waals surface area contributed by atoms with Crippen LogP contribution in [0.1, 0.15) is 25.1 Å². The monoisotopic (exact) mass is 151 g/mol. The van der Waals surface area contributed by atoms with E-state index in [1.54, 1.807) is 0 Å². The fraction of sp³-hybridized carbons (Fsp3) is 0.667. The summed E-state index contributed by atoms with van der Waals surface area (Å²) in [7, 11) is 1.97. The van der Waals surface area contributed by atoms with Crippen molar-refractivity contribution in [2.45, 2.75) is 27.2 Å². The lowest BCUT2D eigenvalue weighted by Crippen LogP contribution is -2.03. The summed E-state index contributed by atoms with van der Waals surface area (Å²) in [5.74, 6) is 0.692. The van der Waals surface area contributed by atoms with E-state index in [-0.39, 0.29) is 0 Å². The quantitative estimate of drug-likeness (QED) is 0.629. The molecule has 0 spiro atoms. The highest BCUT2D eigenvalue weighted by Crippen LogP contribution is 2.10. The summed E-state index contributed by atoms with van der Waals surface area (Å²) in [5, 5.41) is 4.06. The van der Waals surface area contributed by atoms with Crippen LogP contribution in [0.2, 0.25) is 0 Å². The molecule has 1 rings (SSSR count). The van der Waals surface area contributed by atoms with E-state index in [0.717, 1.165) is 6.42 Å². The van der Waals surface area contributed by atoms with Crippen LogP contribution < -0.4 is 0 Å². The molecule has 1 aromatic heterocycles. The molecule has 0 fully saturated rings. The molecule has 0 amide bonds. The fourth-order valence-electron chi connectivity index (χ4n) is 1.19. The van der Waals surface area contributed by atoms with Crippen molar-refractivity contribution in [3.63, 3.8) is 0 Å². The van der Waals surface area contributed by atoms with E-state index >= 15 is 0 Å². The van der Waals surface area contributed by atoms with Gasteiger partial charge in [0.05, 0.1) is 0 Å². The fourth-order valence-corrected chi connectivity index (χ4v) is 1.19. The highest BCUT2D eigenvalue weighted by Gasteiger charge is 2.06. The van der Waals surface area contributed by atoms with Crippen molar-refractivity contribution >= 4 is 0 Å². The Hall–Kier alpha value is -0.790. The smallest absolute Gasteiger partial charge is 0.116 e. The van der Waals surface area contributed by atoms with Gasteiger partial charge in [0.1, 0.15) is 6.20 Å². The third-order valence-electron chi connectivity index (χ3n) is 1.79. The van der Waals surface area contributed by atoms with E-state index in [0.29, 0.717) is 5.92 Å². The summed E-state index contributed by atoms with van der Waals surface area (Å²) in [6, 6.07) is 0. The van der Waals surface area contributed by atoms with Crippen LogP contribution in [0.4, 0.5) is 0 Å². The minimum Gasteiger partial charge on any atom is -0.272 e. The number of hydrogen-bond acceptors (Lipinski definition) is 1. The summed E-state index contributed by atoms with van der Waals surface area (Å²) >= 11 is 0. The first kappa shape index (κ1) is 8.31. The normalized spacial score (nSPS) is 11.0. The Kier molecular flexibility index (Phi) is 2.32. The average Bonchev–Trinajstić information content (AvgIpc) is 2.18. The predicted molar refractivity (Wildman–Crippen MR) is 45.3 cm³/mol. The third-order valence-corrected chi connectivity index (χ3v) is 1.79. The molecule has 0 N–H and O–H groups in total. The zero-order valence-corrected chi connectivity index (χ0v) is 7.68. The second-order valence-electron chi connectivity index (χ2n) is 3.41. The highest BCUT2D eigenvalue weighted by atomic mass is 15.3. The lowest BCUT2D eigenvalue weighted by atomic mass is 10.1. The summed E-state index contributed by atoms with van der Waals surface area (Å²) < 4.78 is 1.91. The van der Waals surface area contributed by atoms with Crippen molar-refractivity contribution in [2.75, 3.05) is 0 Å². The molecule has 0 atom stereocenters. The molecule has 0 saturated heterocycles. The van der Waals surface area contributed by atoms with Gasteiger partial charge in [0.15, 0.2) is 0 Å². The standard InChI is InChI=1S/C9H15N2/c1-7(2)5-9-8(3)6-10-11(9)4/h7H,5H2,1-4H3. The molecular formula is C9H15N2. The van der Waals surface area contributed by atoms with Crippen molar-refractivity contribution in [1.29, 1.82) is 0 Å². The van der Waals surface area contributed by atoms with Crippen LogP contribution in [0.5, 0.6) is 0 Å². The summed E-state index contributed by atoms with van der Waals surface area (Å²) in [5.41, 5.74) is 2.49. The predicted octanol–water partition coefficient (Wildman–Crippen LogP) is 1.73. The van der Waals surface area contributed by atoms with Crippen LogP contribution in [-0.4, -0.2) is 9.78 Å². The second-order valence-corrected chi connectivity index (χ2v) is 3.41. The molecule has 2 heteroatoms. The molecule has 0 aliphatic rings. The number of hydrogen-bond donors (Lipinski definition) is 0. The largest absolute Gasteiger partial charge is 0.272 e. The average molecular weight is 151 g/mol. The molecular weight excluding hydrogens is 136 g/mol. The Morgan fingerprint density at radius 3 is 2.55 bits per heavy atom. The van der Waals surface area contributed by atoms with Crippen molar-refractivity contribution < 1.29 is 0 Å². The first-order chi connectivity index (χ1) is 5.11. The third kappa shape index (κ3) is 1.82. The van der Waals surface area contributed by atoms with E-state index in [2.05, 4.69) is 32.1 Å². The van der Waals surface area contributed by atoms with Gasteiger partial charge in [-0.05, 0) is 24.8 Å². The van der Waals surface area contributed by atoms with Crippen molar-refractivity contribution in [3.05, 3.63) is 17.5 Å². The lowest BCUT2D eigenvalue weighted by Gasteiger charge is -2.05. The van der Waals surface area contributed by atoms with Gasteiger partial charge in [-0.3, -0.25) is 4.68 Å². The van der Waals surface area contributed by atoms with Crippen molar-refractivity contribution in [1.82, 2.24) is 9.78 Å². The van der Waals surface area contributed by atoms with Gasteiger partial charge in [-0.15, -0.1) is 0 Å². The number of aryl methyl sites for hydroxylation is 2. The molecule has 61 valence electrons. The topological polar surface area (TPSA) is 17.8 Å². The molecule has 1 radical (unpaired) electrons. The lowest BCUT2D eigenvalue weighted by molar-refractivity contribution is 0.593. The highest BCUT2D eigenvalue weighted by molar-refractivity contribution is 5.14. The van der Waals surface area contributed by atoms with Gasteiger partial charge in [-0.2, -0.15) is 5.10 Å². The van der Waals surface area contributed by atoms with E-state index in [1.165, 1.54) is 11.3 Å². The number of rotatable bonds is 2. The Labute approximate surface area is 68.2 Å². The van der Waals surface area contributed by atoms with Crippen LogP contribution in [-0.2, 0) is 13.5 Å². The Morgan fingerprint density at radius 2 is 2.18 bits per heavy atom. The van der Waals surface area contributed by atoms with E-state index in [4.69, 9.17) is 0 Å². The maximum absolute atomic E-state index is 4.06. The van der Waals surface area contributed by atoms with Gasteiger partial charge in [0.25, 0.3) is 0 Å². The van der Waals surface area contributed by atoms with Gasteiger partial charge in [-0.25, -0.2) is 0 Å². The van der Waals surface area contributed by atoms with E-state index in [1.807, 2.05) is 11.7 Å². The summed E-state index contributed by atoms with van der Waals surface area (Å²) in [6.07, 6.45) is 4.05.